The maximum absolute atomic E-state index is 11.8. The van der Waals surface area contributed by atoms with Gasteiger partial charge in [-0.25, -0.2) is 4.79 Å². The molecule has 38 heavy (non-hydrogen) atoms. The van der Waals surface area contributed by atoms with Crippen LogP contribution in [-0.2, 0) is 19.3 Å². The van der Waals surface area contributed by atoms with Crippen LogP contribution in [0.5, 0.6) is 5.75 Å². The van der Waals surface area contributed by atoms with Gasteiger partial charge in [0.15, 0.2) is 0 Å². The highest BCUT2D eigenvalue weighted by atomic mass is 16.5. The Bertz CT molecular complexity index is 1380. The molecular formula is C32H32N2O4. The Labute approximate surface area is 223 Å². The number of aryl methyl sites for hydroxylation is 3. The predicted molar refractivity (Wildman–Crippen MR) is 147 cm³/mol. The molecule has 0 spiro atoms. The van der Waals surface area contributed by atoms with Crippen molar-refractivity contribution < 1.29 is 19.7 Å². The number of nitrogens with zero attached hydrogens (tertiary/aromatic N) is 1. The Morgan fingerprint density at radius 2 is 1.82 bits per heavy atom. The number of carboxylic acids is 1. The van der Waals surface area contributed by atoms with Crippen LogP contribution in [-0.4, -0.2) is 40.4 Å². The van der Waals surface area contributed by atoms with Gasteiger partial charge in [0.1, 0.15) is 11.9 Å². The monoisotopic (exact) mass is 508 g/mol. The van der Waals surface area contributed by atoms with E-state index in [2.05, 4.69) is 28.5 Å². The van der Waals surface area contributed by atoms with E-state index in [0.29, 0.717) is 25.1 Å². The van der Waals surface area contributed by atoms with Crippen LogP contribution in [0.2, 0.25) is 0 Å². The lowest BCUT2D eigenvalue weighted by Crippen LogP contribution is -2.36. The van der Waals surface area contributed by atoms with E-state index in [1.807, 2.05) is 54.6 Å². The Kier molecular flexibility index (Phi) is 8.12. The fraction of sp³-hybridized carbons (Fsp3) is 0.250. The number of hydrogen-bond acceptors (Lipinski definition) is 5. The number of aliphatic hydroxyl groups excluding tert-OH is 1. The molecule has 0 amide bonds. The van der Waals surface area contributed by atoms with Crippen LogP contribution in [0.3, 0.4) is 0 Å². The number of hydrogen-bond donors (Lipinski definition) is 3. The van der Waals surface area contributed by atoms with Crippen molar-refractivity contribution in [1.82, 2.24) is 10.3 Å². The van der Waals surface area contributed by atoms with Crippen molar-refractivity contribution in [1.29, 1.82) is 0 Å². The van der Waals surface area contributed by atoms with Crippen molar-refractivity contribution in [2.45, 2.75) is 37.9 Å². The Morgan fingerprint density at radius 1 is 1.00 bits per heavy atom. The third-order valence-electron chi connectivity index (χ3n) is 7.06. The quantitative estimate of drug-likeness (QED) is 0.271. The molecule has 194 valence electrons. The SMILES string of the molecule is O=C(O)c1ccc(-c2ccc3c(c2)CC[C@H](CNC[C@H](O)c2cccnc2)O3)cc1CCc1ccccc1. The summed E-state index contributed by atoms with van der Waals surface area (Å²) < 4.78 is 6.24. The van der Waals surface area contributed by atoms with Crippen molar-refractivity contribution in [2.75, 3.05) is 13.1 Å². The summed E-state index contributed by atoms with van der Waals surface area (Å²) in [6, 6.07) is 25.6. The number of carboxylic acid groups (broad SMARTS) is 1. The van der Waals surface area contributed by atoms with Gasteiger partial charge in [-0.1, -0.05) is 54.6 Å². The third kappa shape index (κ3) is 6.28. The summed E-state index contributed by atoms with van der Waals surface area (Å²) in [5.74, 6) is -0.0166. The van der Waals surface area contributed by atoms with E-state index in [4.69, 9.17) is 4.74 Å². The van der Waals surface area contributed by atoms with Crippen molar-refractivity contribution in [3.63, 3.8) is 0 Å². The molecule has 0 saturated heterocycles. The van der Waals surface area contributed by atoms with Crippen LogP contribution in [0.15, 0.2) is 91.3 Å². The predicted octanol–water partition coefficient (Wildman–Crippen LogP) is 5.25. The minimum Gasteiger partial charge on any atom is -0.489 e. The number of aliphatic hydroxyl groups is 1. The van der Waals surface area contributed by atoms with E-state index in [0.717, 1.165) is 52.8 Å². The molecule has 0 aliphatic carbocycles. The summed E-state index contributed by atoms with van der Waals surface area (Å²) in [6.45, 7) is 1.09. The lowest BCUT2D eigenvalue weighted by Gasteiger charge is -2.27. The van der Waals surface area contributed by atoms with Gasteiger partial charge in [0.2, 0.25) is 0 Å². The highest BCUT2D eigenvalue weighted by Crippen LogP contribution is 2.33. The molecule has 2 atom stereocenters. The highest BCUT2D eigenvalue weighted by Gasteiger charge is 2.21. The zero-order valence-corrected chi connectivity index (χ0v) is 21.2. The molecule has 4 aromatic rings. The van der Waals surface area contributed by atoms with Gasteiger partial charge < -0.3 is 20.3 Å². The van der Waals surface area contributed by atoms with Gasteiger partial charge in [0.25, 0.3) is 0 Å². The number of fused-ring (bicyclic) bond motifs is 1. The second-order valence-corrected chi connectivity index (χ2v) is 9.72. The molecule has 0 bridgehead atoms. The maximum atomic E-state index is 11.8. The molecule has 6 nitrogen and oxygen atoms in total. The molecule has 6 heteroatoms. The van der Waals surface area contributed by atoms with Crippen LogP contribution >= 0.6 is 0 Å². The molecule has 3 N–H and O–H groups in total. The van der Waals surface area contributed by atoms with Crippen molar-refractivity contribution in [3.8, 4) is 16.9 Å². The van der Waals surface area contributed by atoms with Gasteiger partial charge in [-0.05, 0) is 77.8 Å². The topological polar surface area (TPSA) is 91.7 Å². The molecule has 0 saturated carbocycles. The smallest absolute Gasteiger partial charge is 0.335 e. The second kappa shape index (κ2) is 12.0. The number of carbonyl (C=O) groups is 1. The zero-order chi connectivity index (χ0) is 26.3. The second-order valence-electron chi connectivity index (χ2n) is 9.72. The van der Waals surface area contributed by atoms with E-state index in [1.165, 1.54) is 5.56 Å². The Morgan fingerprint density at radius 3 is 2.61 bits per heavy atom. The first-order valence-electron chi connectivity index (χ1n) is 13.1. The van der Waals surface area contributed by atoms with E-state index in [9.17, 15) is 15.0 Å². The summed E-state index contributed by atoms with van der Waals surface area (Å²) in [4.78, 5) is 15.9. The zero-order valence-electron chi connectivity index (χ0n) is 21.2. The molecule has 2 heterocycles. The van der Waals surface area contributed by atoms with Crippen LogP contribution in [0.4, 0.5) is 0 Å². The van der Waals surface area contributed by atoms with Gasteiger partial charge in [0.05, 0.1) is 11.7 Å². The number of aromatic nitrogens is 1. The molecule has 3 aromatic carbocycles. The number of pyridine rings is 1. The average Bonchev–Trinajstić information content (AvgIpc) is 2.96. The number of rotatable bonds is 10. The molecular weight excluding hydrogens is 476 g/mol. The van der Waals surface area contributed by atoms with Crippen LogP contribution in [0.1, 0.15) is 45.1 Å². The van der Waals surface area contributed by atoms with Gasteiger partial charge in [-0.3, -0.25) is 4.98 Å². The third-order valence-corrected chi connectivity index (χ3v) is 7.06. The molecule has 0 radical (unpaired) electrons. The molecule has 0 fully saturated rings. The normalized spacial score (nSPS) is 15.3. The Balaban J connectivity index is 1.23. The molecule has 1 aliphatic heterocycles. The highest BCUT2D eigenvalue weighted by molar-refractivity contribution is 5.90. The number of benzene rings is 3. The summed E-state index contributed by atoms with van der Waals surface area (Å²) in [7, 11) is 0. The fourth-order valence-corrected chi connectivity index (χ4v) is 4.95. The van der Waals surface area contributed by atoms with E-state index >= 15 is 0 Å². The largest absolute Gasteiger partial charge is 0.489 e. The van der Waals surface area contributed by atoms with Gasteiger partial charge in [-0.2, -0.15) is 0 Å². The van der Waals surface area contributed by atoms with Crippen molar-refractivity contribution in [3.05, 3.63) is 119 Å². The molecule has 1 aromatic heterocycles. The molecule has 1 aliphatic rings. The van der Waals surface area contributed by atoms with E-state index < -0.39 is 12.1 Å². The minimum atomic E-state index is -0.897. The maximum Gasteiger partial charge on any atom is 0.335 e. The number of aromatic carboxylic acids is 1. The van der Waals surface area contributed by atoms with Gasteiger partial charge in [0, 0.05) is 31.0 Å². The summed E-state index contributed by atoms with van der Waals surface area (Å²) in [6.07, 6.45) is 6.04. The van der Waals surface area contributed by atoms with Crippen molar-refractivity contribution >= 4 is 5.97 Å². The van der Waals surface area contributed by atoms with E-state index in [-0.39, 0.29) is 6.10 Å². The van der Waals surface area contributed by atoms with E-state index in [1.54, 1.807) is 18.5 Å². The first-order chi connectivity index (χ1) is 18.6. The lowest BCUT2D eigenvalue weighted by molar-refractivity contribution is 0.0695. The Hall–Kier alpha value is -4.00. The summed E-state index contributed by atoms with van der Waals surface area (Å²) in [5.41, 5.74) is 6.40. The fourth-order valence-electron chi connectivity index (χ4n) is 4.95. The van der Waals surface area contributed by atoms with Gasteiger partial charge >= 0.3 is 5.97 Å². The minimum absolute atomic E-state index is 0.0360. The summed E-state index contributed by atoms with van der Waals surface area (Å²) >= 11 is 0. The lowest BCUT2D eigenvalue weighted by atomic mass is 9.93. The number of nitrogens with one attached hydrogen (secondary N) is 1. The molecule has 5 rings (SSSR count). The summed E-state index contributed by atoms with van der Waals surface area (Å²) in [5, 5.41) is 23.4. The van der Waals surface area contributed by atoms with Crippen LogP contribution in [0, 0.1) is 0 Å². The van der Waals surface area contributed by atoms with Crippen LogP contribution in [0.25, 0.3) is 11.1 Å². The molecule has 0 unspecified atom stereocenters. The van der Waals surface area contributed by atoms with Gasteiger partial charge in [-0.15, -0.1) is 0 Å². The van der Waals surface area contributed by atoms with Crippen molar-refractivity contribution in [2.24, 2.45) is 0 Å². The average molecular weight is 509 g/mol. The first-order valence-corrected chi connectivity index (χ1v) is 13.1. The number of ether oxygens (including phenoxy) is 1. The first kappa shape index (κ1) is 25.6. The standard InChI is InChI=1S/C32H32N2O4/c35-30(27-7-4-16-33-19-27)21-34-20-28-13-10-26-18-24(12-15-31(26)38-28)23-11-14-29(32(36)37)25(17-23)9-8-22-5-2-1-3-6-22/h1-7,11-12,14-19,28,30,34-35H,8-10,13,20-21H2,(H,36,37)/t28-,30+/m1/s1. The van der Waals surface area contributed by atoms with Crippen LogP contribution < -0.4 is 10.1 Å².